The Labute approximate surface area is 87.4 Å². The highest BCUT2D eigenvalue weighted by Crippen LogP contribution is 1.92. The number of amides is 1. The lowest BCUT2D eigenvalue weighted by molar-refractivity contribution is 0.120. The van der Waals surface area contributed by atoms with E-state index in [-0.39, 0.29) is 0 Å². The van der Waals surface area contributed by atoms with Gasteiger partial charge in [-0.05, 0) is 6.92 Å². The summed E-state index contributed by atoms with van der Waals surface area (Å²) in [7, 11) is 0. The zero-order chi connectivity index (χ0) is 10.7. The molecule has 2 rings (SSSR count). The van der Waals surface area contributed by atoms with Gasteiger partial charge >= 0.3 is 6.09 Å². The first-order valence-electron chi connectivity index (χ1n) is 4.80. The Hall–Kier alpha value is -1.97. The van der Waals surface area contributed by atoms with Crippen molar-refractivity contribution in [2.45, 2.75) is 6.92 Å². The summed E-state index contributed by atoms with van der Waals surface area (Å²) < 4.78 is 4.87. The summed E-state index contributed by atoms with van der Waals surface area (Å²) in [6.07, 6.45) is 3.09. The predicted molar refractivity (Wildman–Crippen MR) is 56.6 cm³/mol. The Kier molecular flexibility index (Phi) is 2.58. The molecule has 4 nitrogen and oxygen atoms in total. The molecule has 0 unspecified atom stereocenters. The standard InChI is InChI=1S/C11H12N2O2/c1-2-15-11(14)13-8-10-6-4-3-5-9(10)7-12-13/h3-8,12H,2H2,1H3. The third-order valence-electron chi connectivity index (χ3n) is 2.09. The summed E-state index contributed by atoms with van der Waals surface area (Å²) in [6, 6.07) is 7.79. The number of nitrogens with zero attached hydrogens (tertiary/aromatic N) is 1. The van der Waals surface area contributed by atoms with Crippen molar-refractivity contribution in [3.05, 3.63) is 34.7 Å². The highest BCUT2D eigenvalue weighted by molar-refractivity contribution is 5.73. The molecule has 0 bridgehead atoms. The van der Waals surface area contributed by atoms with Crippen LogP contribution in [0.3, 0.4) is 0 Å². The maximum Gasteiger partial charge on any atom is 0.432 e. The summed E-state index contributed by atoms with van der Waals surface area (Å²) in [5, 5.41) is 3.37. The van der Waals surface area contributed by atoms with Crippen LogP contribution in [0.2, 0.25) is 0 Å². The molecule has 4 heteroatoms. The molecular weight excluding hydrogens is 192 g/mol. The fourth-order valence-corrected chi connectivity index (χ4v) is 1.37. The van der Waals surface area contributed by atoms with Crippen molar-refractivity contribution >= 4 is 18.5 Å². The van der Waals surface area contributed by atoms with Crippen molar-refractivity contribution in [2.75, 3.05) is 6.61 Å². The molecule has 0 spiro atoms. The van der Waals surface area contributed by atoms with Gasteiger partial charge in [-0.1, -0.05) is 24.3 Å². The van der Waals surface area contributed by atoms with E-state index in [2.05, 4.69) is 5.43 Å². The Morgan fingerprint density at radius 1 is 1.40 bits per heavy atom. The first kappa shape index (κ1) is 9.58. The lowest BCUT2D eigenvalue weighted by Gasteiger charge is -2.19. The van der Waals surface area contributed by atoms with Crippen molar-refractivity contribution in [2.24, 2.45) is 0 Å². The van der Waals surface area contributed by atoms with Crippen molar-refractivity contribution in [1.29, 1.82) is 0 Å². The van der Waals surface area contributed by atoms with Crippen LogP contribution in [0.15, 0.2) is 24.3 Å². The van der Waals surface area contributed by atoms with Crippen LogP contribution in [0.5, 0.6) is 0 Å². The number of hydrogen-bond acceptors (Lipinski definition) is 3. The maximum absolute atomic E-state index is 11.4. The number of hydrogen-bond donors (Lipinski definition) is 1. The third kappa shape index (κ3) is 1.93. The zero-order valence-corrected chi connectivity index (χ0v) is 8.43. The largest absolute Gasteiger partial charge is 0.448 e. The van der Waals surface area contributed by atoms with Crippen LogP contribution in [0.1, 0.15) is 6.92 Å². The number of rotatable bonds is 1. The van der Waals surface area contributed by atoms with Crippen molar-refractivity contribution in [1.82, 2.24) is 10.4 Å². The van der Waals surface area contributed by atoms with E-state index in [0.717, 1.165) is 10.4 Å². The Morgan fingerprint density at radius 2 is 2.13 bits per heavy atom. The van der Waals surface area contributed by atoms with E-state index < -0.39 is 6.09 Å². The topological polar surface area (TPSA) is 41.6 Å². The van der Waals surface area contributed by atoms with Crippen LogP contribution < -0.4 is 15.9 Å². The molecule has 0 aliphatic carbocycles. The predicted octanol–water partition coefficient (Wildman–Crippen LogP) is 0.139. The molecule has 0 atom stereocenters. The van der Waals surface area contributed by atoms with E-state index in [1.165, 1.54) is 5.01 Å². The Balaban J connectivity index is 2.30. The minimum Gasteiger partial charge on any atom is -0.448 e. The zero-order valence-electron chi connectivity index (χ0n) is 8.43. The molecule has 0 fully saturated rings. The molecule has 78 valence electrons. The van der Waals surface area contributed by atoms with E-state index in [1.54, 1.807) is 19.3 Å². The van der Waals surface area contributed by atoms with Gasteiger partial charge in [-0.3, -0.25) is 5.43 Å². The van der Waals surface area contributed by atoms with Crippen molar-refractivity contribution in [3.63, 3.8) is 0 Å². The summed E-state index contributed by atoms with van der Waals surface area (Å²) in [4.78, 5) is 11.4. The SMILES string of the molecule is CCOC(=O)N1C=c2ccccc2=CN1. The quantitative estimate of drug-likeness (QED) is 0.707. The van der Waals surface area contributed by atoms with Crippen molar-refractivity contribution in [3.8, 4) is 0 Å². The van der Waals surface area contributed by atoms with Gasteiger partial charge in [-0.2, -0.15) is 5.01 Å². The Morgan fingerprint density at radius 3 is 2.87 bits per heavy atom. The number of fused-ring (bicyclic) bond motifs is 1. The molecule has 1 aliphatic heterocycles. The number of benzene rings is 1. The van der Waals surface area contributed by atoms with Gasteiger partial charge in [0.25, 0.3) is 0 Å². The maximum atomic E-state index is 11.4. The lowest BCUT2D eigenvalue weighted by Crippen LogP contribution is -2.44. The second-order valence-corrected chi connectivity index (χ2v) is 3.10. The number of ether oxygens (including phenoxy) is 1. The first-order chi connectivity index (χ1) is 7.31. The van der Waals surface area contributed by atoms with Gasteiger partial charge in [0, 0.05) is 22.8 Å². The Bertz CT molecular complexity index is 482. The van der Waals surface area contributed by atoms with Crippen LogP contribution in [0.4, 0.5) is 4.79 Å². The van der Waals surface area contributed by atoms with Crippen LogP contribution in [0.25, 0.3) is 12.4 Å². The summed E-state index contributed by atoms with van der Waals surface area (Å²) in [5.74, 6) is 0. The van der Waals surface area contributed by atoms with Crippen LogP contribution in [-0.4, -0.2) is 17.7 Å². The summed E-state index contributed by atoms with van der Waals surface area (Å²) in [6.45, 7) is 2.14. The van der Waals surface area contributed by atoms with Gasteiger partial charge in [-0.15, -0.1) is 0 Å². The van der Waals surface area contributed by atoms with E-state index >= 15 is 0 Å². The molecule has 0 saturated heterocycles. The number of carbonyl (C=O) groups is 1. The molecule has 15 heavy (non-hydrogen) atoms. The van der Waals surface area contributed by atoms with Gasteiger partial charge in [0.15, 0.2) is 0 Å². The molecular formula is C11H12N2O2. The fourth-order valence-electron chi connectivity index (χ4n) is 1.37. The summed E-state index contributed by atoms with van der Waals surface area (Å²) >= 11 is 0. The number of hydrazine groups is 1. The highest BCUT2D eigenvalue weighted by Gasteiger charge is 2.11. The monoisotopic (exact) mass is 204 g/mol. The summed E-state index contributed by atoms with van der Waals surface area (Å²) in [5.41, 5.74) is 2.84. The number of nitrogens with one attached hydrogen (secondary N) is 1. The second kappa shape index (κ2) is 4.04. The van der Waals surface area contributed by atoms with Gasteiger partial charge in [0.2, 0.25) is 0 Å². The van der Waals surface area contributed by atoms with Gasteiger partial charge < -0.3 is 4.74 Å². The van der Waals surface area contributed by atoms with Gasteiger partial charge in [-0.25, -0.2) is 4.79 Å². The molecule has 0 aromatic heterocycles. The molecule has 1 N–H and O–H groups in total. The molecule has 1 aliphatic rings. The van der Waals surface area contributed by atoms with Crippen LogP contribution in [0, 0.1) is 0 Å². The molecule has 1 amide bonds. The smallest absolute Gasteiger partial charge is 0.432 e. The molecule has 0 saturated carbocycles. The van der Waals surface area contributed by atoms with E-state index in [9.17, 15) is 4.79 Å². The molecule has 1 heterocycles. The third-order valence-corrected chi connectivity index (χ3v) is 2.09. The molecule has 1 aromatic rings. The normalized spacial score (nSPS) is 13.0. The van der Waals surface area contributed by atoms with Gasteiger partial charge in [0.05, 0.1) is 6.61 Å². The van der Waals surface area contributed by atoms with E-state index in [4.69, 9.17) is 4.74 Å². The minimum atomic E-state index is -0.400. The second-order valence-electron chi connectivity index (χ2n) is 3.10. The van der Waals surface area contributed by atoms with E-state index in [0.29, 0.717) is 6.61 Å². The molecule has 1 aromatic carbocycles. The first-order valence-corrected chi connectivity index (χ1v) is 4.80. The van der Waals surface area contributed by atoms with Crippen LogP contribution >= 0.6 is 0 Å². The fraction of sp³-hybridized carbons (Fsp3) is 0.182. The minimum absolute atomic E-state index is 0.368. The lowest BCUT2D eigenvalue weighted by atomic mass is 10.2. The molecule has 0 radical (unpaired) electrons. The highest BCUT2D eigenvalue weighted by atomic mass is 16.6. The van der Waals surface area contributed by atoms with Crippen molar-refractivity contribution < 1.29 is 9.53 Å². The van der Waals surface area contributed by atoms with Gasteiger partial charge in [0.1, 0.15) is 0 Å². The average Bonchev–Trinajstić information content (AvgIpc) is 2.29. The number of carbonyl (C=O) groups excluding carboxylic acids is 1. The van der Waals surface area contributed by atoms with E-state index in [1.807, 2.05) is 24.3 Å². The average molecular weight is 204 g/mol. The van der Waals surface area contributed by atoms with Crippen LogP contribution in [-0.2, 0) is 4.74 Å².